The molecule has 2 aromatic rings. The van der Waals surface area contributed by atoms with E-state index >= 15 is 0 Å². The molecule has 0 unspecified atom stereocenters. The Labute approximate surface area is 170 Å². The molecule has 158 valence electrons. The number of aromatic nitrogens is 1. The second-order valence-electron chi connectivity index (χ2n) is 7.84. The molecule has 0 saturated carbocycles. The van der Waals surface area contributed by atoms with Gasteiger partial charge in [0.2, 0.25) is 15.9 Å². The highest BCUT2D eigenvalue weighted by Crippen LogP contribution is 2.25. The van der Waals surface area contributed by atoms with Gasteiger partial charge in [-0.05, 0) is 50.7 Å². The van der Waals surface area contributed by atoms with Crippen molar-refractivity contribution in [2.24, 2.45) is 0 Å². The number of benzene rings is 1. The van der Waals surface area contributed by atoms with Crippen LogP contribution in [0.1, 0.15) is 45.4 Å². The fourth-order valence-corrected chi connectivity index (χ4v) is 5.95. The van der Waals surface area contributed by atoms with E-state index in [2.05, 4.69) is 6.92 Å². The molecule has 1 amide bonds. The van der Waals surface area contributed by atoms with Crippen molar-refractivity contribution in [1.82, 2.24) is 13.8 Å². The number of amides is 1. The van der Waals surface area contributed by atoms with Gasteiger partial charge in [-0.3, -0.25) is 9.36 Å². The normalized spacial score (nSPS) is 21.1. The lowest BCUT2D eigenvalue weighted by molar-refractivity contribution is -0.135. The molecule has 0 N–H and O–H groups in total. The number of carbonyl (C=O) groups is 1. The van der Waals surface area contributed by atoms with Crippen molar-refractivity contribution in [2.45, 2.75) is 62.9 Å². The summed E-state index contributed by atoms with van der Waals surface area (Å²) in [6.07, 6.45) is 5.67. The highest BCUT2D eigenvalue weighted by Gasteiger charge is 2.29. The van der Waals surface area contributed by atoms with Crippen LogP contribution in [-0.2, 0) is 21.4 Å². The fraction of sp³-hybridized carbons (Fsp3) is 0.600. The van der Waals surface area contributed by atoms with Crippen LogP contribution in [0.4, 0.5) is 0 Å². The molecule has 3 heterocycles. The third-order valence-electron chi connectivity index (χ3n) is 6.05. The largest absolute Gasteiger partial charge is 0.420 e. The van der Waals surface area contributed by atoms with E-state index in [9.17, 15) is 18.0 Å². The first-order chi connectivity index (χ1) is 13.9. The van der Waals surface area contributed by atoms with Crippen LogP contribution in [0.3, 0.4) is 0 Å². The Hall–Kier alpha value is -2.13. The highest BCUT2D eigenvalue weighted by atomic mass is 32.2. The van der Waals surface area contributed by atoms with E-state index in [0.717, 1.165) is 38.5 Å². The zero-order chi connectivity index (χ0) is 20.6. The van der Waals surface area contributed by atoms with E-state index in [1.54, 1.807) is 6.07 Å². The van der Waals surface area contributed by atoms with Crippen LogP contribution in [0.2, 0.25) is 0 Å². The summed E-state index contributed by atoms with van der Waals surface area (Å²) in [7, 11) is -3.60. The van der Waals surface area contributed by atoms with E-state index in [1.807, 2.05) is 4.90 Å². The zero-order valence-corrected chi connectivity index (χ0v) is 17.5. The van der Waals surface area contributed by atoms with E-state index < -0.39 is 15.8 Å². The molecule has 0 aliphatic carbocycles. The highest BCUT2D eigenvalue weighted by molar-refractivity contribution is 7.89. The number of hydrogen-bond donors (Lipinski definition) is 0. The molecule has 8 nitrogen and oxygen atoms in total. The van der Waals surface area contributed by atoms with Crippen LogP contribution in [0.25, 0.3) is 11.1 Å². The van der Waals surface area contributed by atoms with Crippen molar-refractivity contribution < 1.29 is 17.6 Å². The number of sulfonamides is 1. The minimum absolute atomic E-state index is 0.0967. The quantitative estimate of drug-likeness (QED) is 0.738. The molecule has 2 aliphatic heterocycles. The third kappa shape index (κ3) is 3.73. The number of hydrogen-bond acceptors (Lipinski definition) is 5. The first kappa shape index (κ1) is 20.2. The monoisotopic (exact) mass is 421 g/mol. The number of likely N-dealkylation sites (tertiary alicyclic amines) is 1. The van der Waals surface area contributed by atoms with Gasteiger partial charge < -0.3 is 9.32 Å². The zero-order valence-electron chi connectivity index (χ0n) is 16.7. The average Bonchev–Trinajstić information content (AvgIpc) is 3.36. The first-order valence-electron chi connectivity index (χ1n) is 10.3. The summed E-state index contributed by atoms with van der Waals surface area (Å²) in [6, 6.07) is 4.65. The second kappa shape index (κ2) is 7.95. The van der Waals surface area contributed by atoms with Crippen LogP contribution < -0.4 is 5.76 Å². The summed E-state index contributed by atoms with van der Waals surface area (Å²) in [5.74, 6) is -0.746. The molecule has 2 saturated heterocycles. The molecule has 2 fully saturated rings. The van der Waals surface area contributed by atoms with E-state index in [-0.39, 0.29) is 29.0 Å². The second-order valence-corrected chi connectivity index (χ2v) is 9.78. The Morgan fingerprint density at radius 3 is 2.59 bits per heavy atom. The molecule has 9 heteroatoms. The van der Waals surface area contributed by atoms with Crippen molar-refractivity contribution in [2.75, 3.05) is 19.6 Å². The van der Waals surface area contributed by atoms with Crippen molar-refractivity contribution in [1.29, 1.82) is 0 Å². The molecule has 0 spiro atoms. The van der Waals surface area contributed by atoms with Gasteiger partial charge in [-0.1, -0.05) is 6.92 Å². The van der Waals surface area contributed by atoms with Gasteiger partial charge in [0.1, 0.15) is 6.54 Å². The Bertz CT molecular complexity index is 1070. The molecule has 1 aromatic carbocycles. The van der Waals surface area contributed by atoms with Gasteiger partial charge in [0.15, 0.2) is 5.58 Å². The van der Waals surface area contributed by atoms with Crippen LogP contribution in [0.15, 0.2) is 32.3 Å². The van der Waals surface area contributed by atoms with E-state index in [0.29, 0.717) is 25.2 Å². The SMILES string of the molecule is CC[C@@H]1CCCCN1C(=O)Cn1c(=O)oc2cc(S(=O)(=O)N3CCCC3)ccc21. The predicted molar refractivity (Wildman–Crippen MR) is 108 cm³/mol. The maximum Gasteiger partial charge on any atom is 0.420 e. The van der Waals surface area contributed by atoms with Crippen molar-refractivity contribution in [3.8, 4) is 0 Å². The van der Waals surface area contributed by atoms with Gasteiger partial charge in [-0.2, -0.15) is 4.31 Å². The maximum absolute atomic E-state index is 12.9. The minimum atomic E-state index is -3.60. The van der Waals surface area contributed by atoms with E-state index in [1.165, 1.54) is 21.0 Å². The van der Waals surface area contributed by atoms with Crippen LogP contribution in [-0.4, -0.2) is 53.8 Å². The summed E-state index contributed by atoms with van der Waals surface area (Å²) < 4.78 is 33.6. The molecule has 0 radical (unpaired) electrons. The maximum atomic E-state index is 12.9. The van der Waals surface area contributed by atoms with Gasteiger partial charge in [0.25, 0.3) is 0 Å². The number of carbonyl (C=O) groups excluding carboxylic acids is 1. The van der Waals surface area contributed by atoms with Gasteiger partial charge in [-0.25, -0.2) is 13.2 Å². The van der Waals surface area contributed by atoms with Crippen LogP contribution in [0, 0.1) is 0 Å². The summed E-state index contributed by atoms with van der Waals surface area (Å²) in [5.41, 5.74) is 0.627. The number of piperidine rings is 1. The van der Waals surface area contributed by atoms with Gasteiger partial charge >= 0.3 is 5.76 Å². The van der Waals surface area contributed by atoms with Crippen LogP contribution in [0.5, 0.6) is 0 Å². The fourth-order valence-electron chi connectivity index (χ4n) is 4.41. The third-order valence-corrected chi connectivity index (χ3v) is 7.95. The minimum Gasteiger partial charge on any atom is -0.408 e. The summed E-state index contributed by atoms with van der Waals surface area (Å²) in [5, 5.41) is 0. The van der Waals surface area contributed by atoms with Gasteiger partial charge in [-0.15, -0.1) is 0 Å². The van der Waals surface area contributed by atoms with Gasteiger partial charge in [0.05, 0.1) is 10.4 Å². The molecule has 4 rings (SSSR count). The van der Waals surface area contributed by atoms with Crippen molar-refractivity contribution >= 4 is 27.0 Å². The first-order valence-corrected chi connectivity index (χ1v) is 11.8. The summed E-state index contributed by atoms with van der Waals surface area (Å²) in [6.45, 7) is 3.70. The molecule has 2 aliphatic rings. The van der Waals surface area contributed by atoms with Crippen molar-refractivity contribution in [3.05, 3.63) is 28.7 Å². The number of rotatable bonds is 5. The molecule has 0 bridgehead atoms. The summed E-state index contributed by atoms with van der Waals surface area (Å²) in [4.78, 5) is 27.2. The molecule has 1 atom stereocenters. The Kier molecular flexibility index (Phi) is 5.52. The summed E-state index contributed by atoms with van der Waals surface area (Å²) >= 11 is 0. The Morgan fingerprint density at radius 1 is 1.14 bits per heavy atom. The average molecular weight is 422 g/mol. The molecular weight excluding hydrogens is 394 g/mol. The van der Waals surface area contributed by atoms with Crippen LogP contribution >= 0.6 is 0 Å². The van der Waals surface area contributed by atoms with Crippen molar-refractivity contribution in [3.63, 3.8) is 0 Å². The Balaban J connectivity index is 1.62. The van der Waals surface area contributed by atoms with E-state index in [4.69, 9.17) is 4.42 Å². The predicted octanol–water partition coefficient (Wildman–Crippen LogP) is 2.17. The number of oxazole rings is 1. The van der Waals surface area contributed by atoms with Gasteiger partial charge in [0, 0.05) is 31.7 Å². The molecule has 29 heavy (non-hydrogen) atoms. The number of nitrogens with zero attached hydrogens (tertiary/aromatic N) is 3. The lowest BCUT2D eigenvalue weighted by Gasteiger charge is -2.35. The lowest BCUT2D eigenvalue weighted by atomic mass is 10.00. The molecular formula is C20H27N3O5S. The number of fused-ring (bicyclic) bond motifs is 1. The standard InChI is InChI=1S/C20H27N3O5S/c1-2-15-7-3-4-12-22(15)19(24)14-23-17-9-8-16(13-18(17)28-20(23)25)29(26,27)21-10-5-6-11-21/h8-9,13,15H,2-7,10-12,14H2,1H3/t15-/m1/s1. The topological polar surface area (TPSA) is 92.8 Å². The smallest absolute Gasteiger partial charge is 0.408 e. The Morgan fingerprint density at radius 2 is 1.86 bits per heavy atom. The lowest BCUT2D eigenvalue weighted by Crippen LogP contribution is -2.45. The molecule has 1 aromatic heterocycles.